The van der Waals surface area contributed by atoms with Gasteiger partial charge in [-0.1, -0.05) is 5.16 Å². The van der Waals surface area contributed by atoms with E-state index in [0.717, 1.165) is 25.9 Å². The second-order valence-electron chi connectivity index (χ2n) is 4.35. The second kappa shape index (κ2) is 4.07. The first-order valence-corrected chi connectivity index (χ1v) is 5.70. The number of nitrogens with zero attached hydrogens (tertiary/aromatic N) is 1. The lowest BCUT2D eigenvalue weighted by molar-refractivity contribution is 0.426. The molecule has 0 radical (unpaired) electrons. The van der Waals surface area contributed by atoms with Crippen molar-refractivity contribution in [2.24, 2.45) is 0 Å². The van der Waals surface area contributed by atoms with E-state index in [2.05, 4.69) is 10.5 Å². The molecule has 1 aromatic heterocycles. The number of hydrogen-bond donors (Lipinski definition) is 1. The zero-order valence-corrected chi connectivity index (χ0v) is 9.17. The van der Waals surface area contributed by atoms with E-state index < -0.39 is 11.6 Å². The van der Waals surface area contributed by atoms with Crippen LogP contribution in [0.4, 0.5) is 8.78 Å². The second-order valence-corrected chi connectivity index (χ2v) is 4.35. The van der Waals surface area contributed by atoms with E-state index in [1.165, 1.54) is 12.3 Å². The molecule has 1 aliphatic heterocycles. The number of fused-ring (bicyclic) bond motifs is 1. The molecule has 0 saturated carbocycles. The maximum atomic E-state index is 14.2. The number of nitrogens with one attached hydrogen (secondary N) is 1. The molecule has 3 rings (SSSR count). The van der Waals surface area contributed by atoms with Crippen LogP contribution in [0.1, 0.15) is 24.3 Å². The molecule has 0 spiro atoms. The Bertz CT molecular complexity index is 547. The Morgan fingerprint density at radius 1 is 1.29 bits per heavy atom. The number of hydrogen-bond acceptors (Lipinski definition) is 3. The summed E-state index contributed by atoms with van der Waals surface area (Å²) in [5.41, 5.74) is 0.347. The van der Waals surface area contributed by atoms with E-state index in [9.17, 15) is 8.78 Å². The van der Waals surface area contributed by atoms with Crippen LogP contribution in [0, 0.1) is 11.6 Å². The highest BCUT2D eigenvalue weighted by atomic mass is 19.1. The predicted molar refractivity (Wildman–Crippen MR) is 58.8 cm³/mol. The van der Waals surface area contributed by atoms with Gasteiger partial charge in [0.1, 0.15) is 11.6 Å². The molecule has 1 fully saturated rings. The van der Waals surface area contributed by atoms with Crippen molar-refractivity contribution in [1.82, 2.24) is 10.5 Å². The highest BCUT2D eigenvalue weighted by Crippen LogP contribution is 2.33. The summed E-state index contributed by atoms with van der Waals surface area (Å²) in [7, 11) is 0. The van der Waals surface area contributed by atoms with E-state index >= 15 is 0 Å². The lowest BCUT2D eigenvalue weighted by atomic mass is 9.89. The Labute approximate surface area is 96.8 Å². The molecule has 1 N–H and O–H groups in total. The summed E-state index contributed by atoms with van der Waals surface area (Å²) < 4.78 is 32.9. The summed E-state index contributed by atoms with van der Waals surface area (Å²) in [6.45, 7) is 1.59. The number of halogens is 2. The Morgan fingerprint density at radius 2 is 2.06 bits per heavy atom. The van der Waals surface area contributed by atoms with Gasteiger partial charge in [0.05, 0.1) is 11.6 Å². The molecule has 3 nitrogen and oxygen atoms in total. The first kappa shape index (κ1) is 10.7. The summed E-state index contributed by atoms with van der Waals surface area (Å²) in [5, 5.41) is 6.94. The smallest absolute Gasteiger partial charge is 0.172 e. The number of aromatic nitrogens is 1. The van der Waals surface area contributed by atoms with Crippen molar-refractivity contribution in [3.63, 3.8) is 0 Å². The molecule has 1 saturated heterocycles. The van der Waals surface area contributed by atoms with Crippen LogP contribution in [0.5, 0.6) is 0 Å². The summed E-state index contributed by atoms with van der Waals surface area (Å²) in [4.78, 5) is 0. The molecular weight excluding hydrogens is 226 g/mol. The van der Waals surface area contributed by atoms with Crippen LogP contribution in [-0.2, 0) is 0 Å². The summed E-state index contributed by atoms with van der Waals surface area (Å²) >= 11 is 0. The first-order valence-electron chi connectivity index (χ1n) is 5.70. The monoisotopic (exact) mass is 238 g/mol. The highest BCUT2D eigenvalue weighted by Gasteiger charge is 2.25. The largest absolute Gasteiger partial charge is 0.356 e. The van der Waals surface area contributed by atoms with Gasteiger partial charge in [0.25, 0.3) is 0 Å². The van der Waals surface area contributed by atoms with E-state index in [0.29, 0.717) is 0 Å². The van der Waals surface area contributed by atoms with Crippen molar-refractivity contribution in [2.45, 2.75) is 18.8 Å². The average molecular weight is 238 g/mol. The van der Waals surface area contributed by atoms with Gasteiger partial charge in [-0.2, -0.15) is 0 Å². The van der Waals surface area contributed by atoms with Crippen molar-refractivity contribution >= 4 is 11.0 Å². The molecule has 0 amide bonds. The molecule has 1 aliphatic rings. The molecule has 2 aromatic rings. The Kier molecular flexibility index (Phi) is 2.55. The minimum Gasteiger partial charge on any atom is -0.356 e. The van der Waals surface area contributed by atoms with Crippen LogP contribution >= 0.6 is 0 Å². The van der Waals surface area contributed by atoms with E-state index in [1.54, 1.807) is 0 Å². The van der Waals surface area contributed by atoms with Gasteiger partial charge in [-0.15, -0.1) is 0 Å². The number of rotatable bonds is 1. The third-order valence-corrected chi connectivity index (χ3v) is 3.33. The van der Waals surface area contributed by atoms with Crippen LogP contribution in [0.25, 0.3) is 11.0 Å². The van der Waals surface area contributed by atoms with Crippen LogP contribution < -0.4 is 5.32 Å². The first-order chi connectivity index (χ1) is 8.27. The van der Waals surface area contributed by atoms with Gasteiger partial charge in [0, 0.05) is 11.6 Å². The van der Waals surface area contributed by atoms with Crippen LogP contribution in [-0.4, -0.2) is 18.2 Å². The molecule has 0 atom stereocenters. The molecular formula is C12H12F2N2O. The van der Waals surface area contributed by atoms with Gasteiger partial charge >= 0.3 is 0 Å². The zero-order chi connectivity index (χ0) is 11.8. The van der Waals surface area contributed by atoms with Crippen LogP contribution in [0.2, 0.25) is 0 Å². The van der Waals surface area contributed by atoms with Gasteiger partial charge in [-0.25, -0.2) is 8.78 Å². The van der Waals surface area contributed by atoms with Crippen LogP contribution in [0.3, 0.4) is 0 Å². The van der Waals surface area contributed by atoms with Gasteiger partial charge in [-0.3, -0.25) is 0 Å². The van der Waals surface area contributed by atoms with E-state index in [4.69, 9.17) is 4.52 Å². The van der Waals surface area contributed by atoms with Crippen molar-refractivity contribution < 1.29 is 13.3 Å². The molecule has 0 aliphatic carbocycles. The fraction of sp³-hybridized carbons (Fsp3) is 0.417. The summed E-state index contributed by atoms with van der Waals surface area (Å²) in [6, 6.07) is 1.22. The topological polar surface area (TPSA) is 38.1 Å². The third kappa shape index (κ3) is 1.70. The standard InChI is InChI=1S/C12H12F2N2O/c13-9-5-10-8(6-16-17-10)12(14)11(9)7-1-3-15-4-2-7/h5-7,15H,1-4H2. The van der Waals surface area contributed by atoms with Gasteiger partial charge in [-0.05, 0) is 31.8 Å². The normalized spacial score (nSPS) is 17.8. The average Bonchev–Trinajstić information content (AvgIpc) is 2.78. The molecule has 90 valence electrons. The number of benzene rings is 1. The van der Waals surface area contributed by atoms with Gasteiger partial charge in [0.2, 0.25) is 0 Å². The number of piperidine rings is 1. The minimum absolute atomic E-state index is 0.0597. The van der Waals surface area contributed by atoms with Gasteiger partial charge in [0.15, 0.2) is 5.58 Å². The molecule has 0 bridgehead atoms. The molecule has 17 heavy (non-hydrogen) atoms. The SMILES string of the molecule is Fc1cc2oncc2c(F)c1C1CCNCC1. The fourth-order valence-electron chi connectivity index (χ4n) is 2.45. The molecule has 0 unspecified atom stereocenters. The Morgan fingerprint density at radius 3 is 2.82 bits per heavy atom. The van der Waals surface area contributed by atoms with Crippen LogP contribution in [0.15, 0.2) is 16.8 Å². The van der Waals surface area contributed by atoms with Crippen molar-refractivity contribution in [3.05, 3.63) is 29.5 Å². The quantitative estimate of drug-likeness (QED) is 0.829. The van der Waals surface area contributed by atoms with Gasteiger partial charge < -0.3 is 9.84 Å². The summed E-state index contributed by atoms with van der Waals surface area (Å²) in [6.07, 6.45) is 2.81. The molecule has 1 aromatic carbocycles. The van der Waals surface area contributed by atoms with E-state index in [1.807, 2.05) is 0 Å². The molecule has 2 heterocycles. The van der Waals surface area contributed by atoms with Crippen molar-refractivity contribution in [2.75, 3.05) is 13.1 Å². The van der Waals surface area contributed by atoms with Crippen molar-refractivity contribution in [3.8, 4) is 0 Å². The molecule has 5 heteroatoms. The maximum absolute atomic E-state index is 14.2. The fourth-order valence-corrected chi connectivity index (χ4v) is 2.45. The zero-order valence-electron chi connectivity index (χ0n) is 9.17. The predicted octanol–water partition coefficient (Wildman–Crippen LogP) is 2.57. The Balaban J connectivity index is 2.13. The third-order valence-electron chi connectivity index (χ3n) is 3.33. The maximum Gasteiger partial charge on any atom is 0.172 e. The summed E-state index contributed by atoms with van der Waals surface area (Å²) in [5.74, 6) is -1.11. The highest BCUT2D eigenvalue weighted by molar-refractivity contribution is 5.77. The Hall–Kier alpha value is -1.49. The minimum atomic E-state index is -0.529. The lowest BCUT2D eigenvalue weighted by Crippen LogP contribution is -2.27. The van der Waals surface area contributed by atoms with E-state index in [-0.39, 0.29) is 22.5 Å². The lowest BCUT2D eigenvalue weighted by Gasteiger charge is -2.23. The van der Waals surface area contributed by atoms with Crippen molar-refractivity contribution in [1.29, 1.82) is 0 Å².